The molecule has 0 amide bonds. The number of rotatable bonds is 5. The highest BCUT2D eigenvalue weighted by atomic mass is 16.4. The van der Waals surface area contributed by atoms with Crippen molar-refractivity contribution in [2.75, 3.05) is 6.61 Å². The average Bonchev–Trinajstić information content (AvgIpc) is 2.35. The van der Waals surface area contributed by atoms with E-state index in [4.69, 9.17) is 30.8 Å². The Morgan fingerprint density at radius 2 is 1.76 bits per heavy atom. The summed E-state index contributed by atoms with van der Waals surface area (Å²) < 4.78 is 0. The summed E-state index contributed by atoms with van der Waals surface area (Å²) >= 11 is 0. The normalized spacial score (nSPS) is 16.5. The van der Waals surface area contributed by atoms with Crippen LogP contribution < -0.4 is 0 Å². The lowest BCUT2D eigenvalue weighted by Gasteiger charge is -2.22. The van der Waals surface area contributed by atoms with E-state index >= 15 is 0 Å². The number of hydrogen-bond acceptors (Lipinski definition) is 7. The lowest BCUT2D eigenvalue weighted by atomic mass is 10.0. The van der Waals surface area contributed by atoms with Gasteiger partial charge in [0.1, 0.15) is 24.4 Å². The lowest BCUT2D eigenvalue weighted by molar-refractivity contribution is -0.136. The molecule has 4 atom stereocenters. The smallest absolute Gasteiger partial charge is 0.151 e. The van der Waals surface area contributed by atoms with E-state index in [1.807, 2.05) is 6.07 Å². The van der Waals surface area contributed by atoms with E-state index in [-0.39, 0.29) is 6.29 Å². The predicted molar refractivity (Wildman–Crippen MR) is 57.6 cm³/mol. The number of hydrogen-bond donors (Lipinski definition) is 5. The van der Waals surface area contributed by atoms with Crippen LogP contribution in [0.2, 0.25) is 0 Å². The Hall–Kier alpha value is -1.30. The summed E-state index contributed by atoms with van der Waals surface area (Å²) in [7, 11) is 0. The molecule has 0 aromatic carbocycles. The quantitative estimate of drug-likeness (QED) is 0.272. The van der Waals surface area contributed by atoms with Crippen LogP contribution in [0.3, 0.4) is 0 Å². The maximum absolute atomic E-state index is 9.90. The first-order chi connectivity index (χ1) is 7.81. The molecule has 0 radical (unpaired) electrons. The van der Waals surface area contributed by atoms with Crippen molar-refractivity contribution in [1.29, 1.82) is 5.26 Å². The Bertz CT molecular complexity index is 274. The van der Waals surface area contributed by atoms with Crippen molar-refractivity contribution in [2.24, 2.45) is 0 Å². The molecule has 0 saturated heterocycles. The standard InChI is InChI=1S/C6H12O6.C4H5N/c7-1-3(9)5(11)6(12)4(10)2-8;1-4(2)3-5/h1,3-6,8-12H,2H2;1H2,2H3. The molecular formula is C10H17NO6. The van der Waals surface area contributed by atoms with Crippen LogP contribution in [0.1, 0.15) is 6.92 Å². The fraction of sp³-hybridized carbons (Fsp3) is 0.600. The van der Waals surface area contributed by atoms with Gasteiger partial charge in [-0.15, -0.1) is 0 Å². The van der Waals surface area contributed by atoms with Crippen LogP contribution in [0.15, 0.2) is 12.2 Å². The van der Waals surface area contributed by atoms with Crippen LogP contribution in [0.5, 0.6) is 0 Å². The van der Waals surface area contributed by atoms with E-state index in [0.29, 0.717) is 5.57 Å². The number of nitrogens with zero attached hydrogens (tertiary/aromatic N) is 1. The summed E-state index contributed by atoms with van der Waals surface area (Å²) in [6.45, 7) is 4.22. The van der Waals surface area contributed by atoms with Gasteiger partial charge in [0.2, 0.25) is 0 Å². The third kappa shape index (κ3) is 8.50. The molecule has 7 heteroatoms. The monoisotopic (exact) mass is 247 g/mol. The summed E-state index contributed by atoms with van der Waals surface area (Å²) in [4.78, 5) is 9.90. The molecule has 0 heterocycles. The van der Waals surface area contributed by atoms with Crippen LogP contribution >= 0.6 is 0 Å². The number of aliphatic hydroxyl groups excluding tert-OH is 5. The molecular weight excluding hydrogens is 230 g/mol. The Labute approximate surface area is 98.9 Å². The van der Waals surface area contributed by atoms with Gasteiger partial charge >= 0.3 is 0 Å². The molecule has 0 rings (SSSR count). The van der Waals surface area contributed by atoms with Crippen molar-refractivity contribution in [1.82, 2.24) is 0 Å². The minimum atomic E-state index is -1.79. The highest BCUT2D eigenvalue weighted by molar-refractivity contribution is 5.56. The van der Waals surface area contributed by atoms with Gasteiger partial charge in [-0.2, -0.15) is 5.26 Å². The second kappa shape index (κ2) is 9.89. The van der Waals surface area contributed by atoms with Gasteiger partial charge in [0.25, 0.3) is 0 Å². The van der Waals surface area contributed by atoms with Gasteiger partial charge in [-0.05, 0) is 6.92 Å². The van der Waals surface area contributed by atoms with Crippen molar-refractivity contribution < 1.29 is 30.3 Å². The van der Waals surface area contributed by atoms with Crippen LogP contribution in [-0.2, 0) is 4.79 Å². The minimum Gasteiger partial charge on any atom is -0.394 e. The lowest BCUT2D eigenvalue weighted by Crippen LogP contribution is -2.46. The number of aldehydes is 1. The Morgan fingerprint density at radius 3 is 2.00 bits per heavy atom. The summed E-state index contributed by atoms with van der Waals surface area (Å²) in [5.41, 5.74) is 0.560. The molecule has 0 spiro atoms. The summed E-state index contributed by atoms with van der Waals surface area (Å²) in [6, 6.07) is 1.83. The van der Waals surface area contributed by atoms with Gasteiger partial charge in [0, 0.05) is 5.57 Å². The van der Waals surface area contributed by atoms with Crippen molar-refractivity contribution in [3.05, 3.63) is 12.2 Å². The van der Waals surface area contributed by atoms with Gasteiger partial charge in [0.05, 0.1) is 12.7 Å². The maximum atomic E-state index is 9.90. The summed E-state index contributed by atoms with van der Waals surface area (Å²) in [6.07, 6.45) is -6.84. The van der Waals surface area contributed by atoms with Gasteiger partial charge in [-0.25, -0.2) is 0 Å². The molecule has 0 saturated carbocycles. The molecule has 0 aliphatic carbocycles. The number of aliphatic hydroxyl groups is 5. The summed E-state index contributed by atoms with van der Waals surface area (Å²) in [5, 5.41) is 51.3. The molecule has 0 aliphatic rings. The molecule has 0 bridgehead atoms. The van der Waals surface area contributed by atoms with Crippen LogP contribution in [0, 0.1) is 11.3 Å². The second-order valence-electron chi connectivity index (χ2n) is 3.25. The van der Waals surface area contributed by atoms with Crippen LogP contribution in [0.4, 0.5) is 0 Å². The van der Waals surface area contributed by atoms with Crippen molar-refractivity contribution in [3.63, 3.8) is 0 Å². The van der Waals surface area contributed by atoms with Crippen LogP contribution in [-0.4, -0.2) is 62.8 Å². The maximum Gasteiger partial charge on any atom is 0.151 e. The zero-order valence-electron chi connectivity index (χ0n) is 9.39. The number of allylic oxidation sites excluding steroid dienone is 1. The molecule has 0 aromatic rings. The van der Waals surface area contributed by atoms with Gasteiger partial charge in [-0.3, -0.25) is 0 Å². The minimum absolute atomic E-state index is 0.0258. The fourth-order valence-corrected chi connectivity index (χ4v) is 0.618. The number of nitriles is 1. The second-order valence-corrected chi connectivity index (χ2v) is 3.25. The largest absolute Gasteiger partial charge is 0.394 e. The first-order valence-electron chi connectivity index (χ1n) is 4.65. The van der Waals surface area contributed by atoms with Gasteiger partial charge in [-0.1, -0.05) is 6.58 Å². The Kier molecular flexibility index (Phi) is 10.5. The highest BCUT2D eigenvalue weighted by Crippen LogP contribution is 2.02. The Balaban J connectivity index is 0. The Morgan fingerprint density at radius 1 is 1.35 bits per heavy atom. The van der Waals surface area contributed by atoms with Crippen molar-refractivity contribution in [3.8, 4) is 6.07 Å². The third-order valence-electron chi connectivity index (χ3n) is 1.61. The molecule has 4 unspecified atom stereocenters. The van der Waals surface area contributed by atoms with E-state index < -0.39 is 31.0 Å². The van der Waals surface area contributed by atoms with E-state index in [1.165, 1.54) is 0 Å². The highest BCUT2D eigenvalue weighted by Gasteiger charge is 2.29. The van der Waals surface area contributed by atoms with E-state index in [9.17, 15) is 4.79 Å². The van der Waals surface area contributed by atoms with E-state index in [0.717, 1.165) is 0 Å². The average molecular weight is 247 g/mol. The molecule has 5 N–H and O–H groups in total. The topological polar surface area (TPSA) is 142 Å². The zero-order chi connectivity index (χ0) is 14.0. The summed E-state index contributed by atoms with van der Waals surface area (Å²) in [5.74, 6) is 0. The fourth-order valence-electron chi connectivity index (χ4n) is 0.618. The van der Waals surface area contributed by atoms with Gasteiger partial charge < -0.3 is 30.3 Å². The van der Waals surface area contributed by atoms with E-state index in [2.05, 4.69) is 6.58 Å². The van der Waals surface area contributed by atoms with Crippen molar-refractivity contribution in [2.45, 2.75) is 31.3 Å². The molecule has 98 valence electrons. The predicted octanol–water partition coefficient (Wildman–Crippen LogP) is -2.29. The number of carbonyl (C=O) groups excluding carboxylic acids is 1. The molecule has 17 heavy (non-hydrogen) atoms. The first kappa shape index (κ1) is 18.1. The van der Waals surface area contributed by atoms with Gasteiger partial charge in [0.15, 0.2) is 6.29 Å². The number of carbonyl (C=O) groups is 1. The van der Waals surface area contributed by atoms with Crippen LogP contribution in [0.25, 0.3) is 0 Å². The molecule has 0 aliphatic heterocycles. The molecule has 7 nitrogen and oxygen atoms in total. The first-order valence-corrected chi connectivity index (χ1v) is 4.65. The van der Waals surface area contributed by atoms with Crippen molar-refractivity contribution >= 4 is 6.29 Å². The SMILES string of the molecule is C=C(C)C#N.O=CC(O)C(O)C(O)C(O)CO. The molecule has 0 aromatic heterocycles. The zero-order valence-corrected chi connectivity index (χ0v) is 9.39. The third-order valence-corrected chi connectivity index (χ3v) is 1.61. The van der Waals surface area contributed by atoms with E-state index in [1.54, 1.807) is 6.92 Å². The molecule has 0 fully saturated rings.